The number of Topliss-reactive ketones (excluding diaryl/α,β-unsaturated/α-hetero) is 1. The summed E-state index contributed by atoms with van der Waals surface area (Å²) in [7, 11) is 0. The first-order chi connectivity index (χ1) is 22.1. The Bertz CT molecular complexity index is 608. The topological polar surface area (TPSA) is 66.4 Å². The second kappa shape index (κ2) is 37.6. The van der Waals surface area contributed by atoms with Gasteiger partial charge in [-0.2, -0.15) is 0 Å². The molecule has 0 bridgehead atoms. The van der Waals surface area contributed by atoms with E-state index in [1.54, 1.807) is 0 Å². The smallest absolute Gasteiger partial charge is 0.220 e. The van der Waals surface area contributed by atoms with Gasteiger partial charge in [0.05, 0.1) is 12.6 Å². The first-order valence-electron chi connectivity index (χ1n) is 20.6. The third kappa shape index (κ3) is 35.8. The largest absolute Gasteiger partial charge is 0.394 e. The molecule has 0 fully saturated rings. The maximum atomic E-state index is 12.3. The Hall–Kier alpha value is -0.900. The molecule has 0 aliphatic carbocycles. The molecule has 0 aliphatic rings. The first-order valence-corrected chi connectivity index (χ1v) is 20.6. The van der Waals surface area contributed by atoms with E-state index in [0.717, 1.165) is 51.4 Å². The molecule has 0 aromatic carbocycles. The van der Waals surface area contributed by atoms with Gasteiger partial charge in [-0.1, -0.05) is 194 Å². The lowest BCUT2D eigenvalue weighted by molar-refractivity contribution is -0.122. The molecule has 0 heterocycles. The zero-order valence-corrected chi connectivity index (χ0v) is 30.8. The van der Waals surface area contributed by atoms with Crippen molar-refractivity contribution < 1.29 is 14.7 Å². The van der Waals surface area contributed by atoms with E-state index in [2.05, 4.69) is 19.2 Å². The number of nitrogens with one attached hydrogen (secondary N) is 1. The molecule has 0 saturated heterocycles. The number of rotatable bonds is 38. The molecule has 0 radical (unpaired) electrons. The summed E-state index contributed by atoms with van der Waals surface area (Å²) >= 11 is 0. The van der Waals surface area contributed by atoms with Crippen molar-refractivity contribution in [3.63, 3.8) is 0 Å². The van der Waals surface area contributed by atoms with Crippen LogP contribution in [0, 0.1) is 0 Å². The van der Waals surface area contributed by atoms with Gasteiger partial charge in [-0.25, -0.2) is 0 Å². The Morgan fingerprint density at radius 2 is 0.711 bits per heavy atom. The Morgan fingerprint density at radius 1 is 0.422 bits per heavy atom. The van der Waals surface area contributed by atoms with Gasteiger partial charge in [-0.15, -0.1) is 0 Å². The molecule has 0 rings (SSSR count). The molecule has 4 heteroatoms. The molecule has 0 unspecified atom stereocenters. The van der Waals surface area contributed by atoms with Crippen LogP contribution in [0.25, 0.3) is 0 Å². The van der Waals surface area contributed by atoms with Crippen LogP contribution in [0.4, 0.5) is 0 Å². The van der Waals surface area contributed by atoms with Crippen LogP contribution >= 0.6 is 0 Å². The predicted octanol–water partition coefficient (Wildman–Crippen LogP) is 12.7. The van der Waals surface area contributed by atoms with E-state index in [4.69, 9.17) is 0 Å². The minimum atomic E-state index is -0.0770. The maximum Gasteiger partial charge on any atom is 0.220 e. The Kier molecular flexibility index (Phi) is 36.8. The Morgan fingerprint density at radius 3 is 1.04 bits per heavy atom. The van der Waals surface area contributed by atoms with E-state index in [9.17, 15) is 14.7 Å². The third-order valence-corrected chi connectivity index (χ3v) is 9.66. The van der Waals surface area contributed by atoms with Crippen molar-refractivity contribution in [3.8, 4) is 0 Å². The van der Waals surface area contributed by atoms with Gasteiger partial charge >= 0.3 is 0 Å². The van der Waals surface area contributed by atoms with Crippen molar-refractivity contribution in [1.82, 2.24) is 5.32 Å². The van der Waals surface area contributed by atoms with Gasteiger partial charge in [-0.05, 0) is 25.7 Å². The molecule has 0 aliphatic heterocycles. The van der Waals surface area contributed by atoms with Crippen molar-refractivity contribution >= 4 is 11.7 Å². The molecule has 0 spiro atoms. The maximum absolute atomic E-state index is 12.3. The van der Waals surface area contributed by atoms with E-state index < -0.39 is 0 Å². The molecule has 268 valence electrons. The Balaban J connectivity index is 3.43. The van der Waals surface area contributed by atoms with Gasteiger partial charge in [0.15, 0.2) is 0 Å². The number of unbranched alkanes of at least 4 members (excludes halogenated alkanes) is 28. The highest BCUT2D eigenvalue weighted by Crippen LogP contribution is 2.16. The summed E-state index contributed by atoms with van der Waals surface area (Å²) in [6, 6.07) is -0.0770. The van der Waals surface area contributed by atoms with Crippen LogP contribution in [0.15, 0.2) is 0 Å². The molecule has 0 aromatic rings. The summed E-state index contributed by atoms with van der Waals surface area (Å²) in [6.07, 6.45) is 42.9. The van der Waals surface area contributed by atoms with Gasteiger partial charge in [0.1, 0.15) is 5.78 Å². The molecule has 1 amide bonds. The van der Waals surface area contributed by atoms with Crippen LogP contribution in [-0.2, 0) is 9.59 Å². The molecular weight excluding hydrogens is 554 g/mol. The zero-order valence-electron chi connectivity index (χ0n) is 30.8. The number of carbonyl (C=O) groups is 2. The number of hydrogen-bond acceptors (Lipinski definition) is 3. The fourth-order valence-electron chi connectivity index (χ4n) is 6.52. The molecule has 0 aromatic heterocycles. The summed E-state index contributed by atoms with van der Waals surface area (Å²) < 4.78 is 0. The molecule has 0 saturated carbocycles. The SMILES string of the molecule is CCCCCCCCCCCCCCCC[C@H](CO)NC(=O)CCCCCCCCCCC(=O)CCCCCCCCCCC. The van der Waals surface area contributed by atoms with Gasteiger partial charge < -0.3 is 10.4 Å². The lowest BCUT2D eigenvalue weighted by Gasteiger charge is -2.16. The van der Waals surface area contributed by atoms with Crippen LogP contribution in [0.3, 0.4) is 0 Å². The van der Waals surface area contributed by atoms with Gasteiger partial charge in [-0.3, -0.25) is 9.59 Å². The average molecular weight is 636 g/mol. The van der Waals surface area contributed by atoms with E-state index in [1.807, 2.05) is 0 Å². The quantitative estimate of drug-likeness (QED) is 0.0663. The van der Waals surface area contributed by atoms with Crippen molar-refractivity contribution in [1.29, 1.82) is 0 Å². The predicted molar refractivity (Wildman–Crippen MR) is 197 cm³/mol. The number of hydrogen-bond donors (Lipinski definition) is 2. The fraction of sp³-hybridized carbons (Fsp3) is 0.951. The number of amides is 1. The number of aliphatic hydroxyl groups excluding tert-OH is 1. The summed E-state index contributed by atoms with van der Waals surface area (Å²) in [5, 5.41) is 12.8. The van der Waals surface area contributed by atoms with E-state index in [-0.39, 0.29) is 18.6 Å². The molecule has 4 nitrogen and oxygen atoms in total. The summed E-state index contributed by atoms with van der Waals surface area (Å²) in [6.45, 7) is 4.59. The van der Waals surface area contributed by atoms with E-state index in [0.29, 0.717) is 12.2 Å². The zero-order chi connectivity index (χ0) is 32.9. The standard InChI is InChI=1S/C41H81NO3/c1-3-5-7-9-11-13-14-15-16-17-19-22-26-30-34-39(38-43)42-41(45)37-33-29-25-21-20-24-28-32-36-40(44)35-31-27-23-18-12-10-8-6-4-2/h39,43H,3-38H2,1-2H3,(H,42,45)/t39-/m1/s1. The minimum Gasteiger partial charge on any atom is -0.394 e. The van der Waals surface area contributed by atoms with Crippen molar-refractivity contribution in [3.05, 3.63) is 0 Å². The van der Waals surface area contributed by atoms with Crippen molar-refractivity contribution in [2.24, 2.45) is 0 Å². The van der Waals surface area contributed by atoms with Gasteiger partial charge in [0.25, 0.3) is 0 Å². The van der Waals surface area contributed by atoms with Crippen LogP contribution in [-0.4, -0.2) is 29.4 Å². The molecular formula is C41H81NO3. The fourth-order valence-corrected chi connectivity index (χ4v) is 6.52. The highest BCUT2D eigenvalue weighted by molar-refractivity contribution is 5.78. The average Bonchev–Trinajstić information content (AvgIpc) is 3.04. The number of carbonyl (C=O) groups excluding carboxylic acids is 2. The monoisotopic (exact) mass is 636 g/mol. The van der Waals surface area contributed by atoms with Crippen LogP contribution < -0.4 is 5.32 Å². The highest BCUT2D eigenvalue weighted by Gasteiger charge is 2.11. The van der Waals surface area contributed by atoms with Crippen molar-refractivity contribution in [2.75, 3.05) is 6.61 Å². The summed E-state index contributed by atoms with van der Waals surface area (Å²) in [5.74, 6) is 0.575. The van der Waals surface area contributed by atoms with Crippen molar-refractivity contribution in [2.45, 2.75) is 245 Å². The minimum absolute atomic E-state index is 0.0506. The normalized spacial score (nSPS) is 12.1. The molecule has 1 atom stereocenters. The summed E-state index contributed by atoms with van der Waals surface area (Å²) in [5.41, 5.74) is 0. The van der Waals surface area contributed by atoms with Crippen LogP contribution in [0.5, 0.6) is 0 Å². The third-order valence-electron chi connectivity index (χ3n) is 9.66. The summed E-state index contributed by atoms with van der Waals surface area (Å²) in [4.78, 5) is 24.4. The second-order valence-electron chi connectivity index (χ2n) is 14.3. The second-order valence-corrected chi connectivity index (χ2v) is 14.3. The first kappa shape index (κ1) is 44.1. The lowest BCUT2D eigenvalue weighted by atomic mass is 10.0. The van der Waals surface area contributed by atoms with E-state index >= 15 is 0 Å². The van der Waals surface area contributed by atoms with Gasteiger partial charge in [0.2, 0.25) is 5.91 Å². The lowest BCUT2D eigenvalue weighted by Crippen LogP contribution is -2.37. The number of aliphatic hydroxyl groups is 1. The van der Waals surface area contributed by atoms with Gasteiger partial charge in [0, 0.05) is 19.3 Å². The van der Waals surface area contributed by atoms with Crippen LogP contribution in [0.2, 0.25) is 0 Å². The van der Waals surface area contributed by atoms with E-state index in [1.165, 1.54) is 167 Å². The number of ketones is 1. The highest BCUT2D eigenvalue weighted by atomic mass is 16.3. The Labute approximate surface area is 282 Å². The molecule has 2 N–H and O–H groups in total. The molecule has 45 heavy (non-hydrogen) atoms. The van der Waals surface area contributed by atoms with Crippen LogP contribution in [0.1, 0.15) is 239 Å².